The van der Waals surface area contributed by atoms with Gasteiger partial charge in [0.2, 0.25) is 0 Å². The van der Waals surface area contributed by atoms with Crippen LogP contribution in [0.1, 0.15) is 16.7 Å². The summed E-state index contributed by atoms with van der Waals surface area (Å²) in [5, 5.41) is 11.7. The number of benzene rings is 1. The van der Waals surface area contributed by atoms with Gasteiger partial charge in [-0.1, -0.05) is 30.5 Å². The molecule has 0 unspecified atom stereocenters. The lowest BCUT2D eigenvalue weighted by atomic mass is 10.1. The number of allylic oxidation sites excluding steroid dienone is 1. The second-order valence-electron chi connectivity index (χ2n) is 7.22. The summed E-state index contributed by atoms with van der Waals surface area (Å²) in [4.78, 5) is 8.90. The molecule has 1 aromatic carbocycles. The summed E-state index contributed by atoms with van der Waals surface area (Å²) in [7, 11) is 1.92. The van der Waals surface area contributed by atoms with Crippen molar-refractivity contribution in [3.05, 3.63) is 95.7 Å². The first kappa shape index (κ1) is 20.0. The zero-order chi connectivity index (χ0) is 20.9. The van der Waals surface area contributed by atoms with Gasteiger partial charge in [0.1, 0.15) is 5.82 Å². The first-order chi connectivity index (χ1) is 14.5. The standard InChI is InChI=1S/C23H24N6S/c1-16-8-9-24-22(10-16)28-21-6-4-18(5-7-21)15-30-23-25-13-20(17(2)27-23)11-19-12-26-29(3)14-19/h4-10,12-14H,2,11,15H2,1,3H3,(H,24,28)(H,25,27). The molecule has 2 N–H and O–H groups in total. The number of amidine groups is 1. The van der Waals surface area contributed by atoms with Gasteiger partial charge in [0.15, 0.2) is 5.17 Å². The van der Waals surface area contributed by atoms with Crippen molar-refractivity contribution in [1.29, 1.82) is 0 Å². The zero-order valence-electron chi connectivity index (χ0n) is 17.1. The molecule has 0 amide bonds. The Morgan fingerprint density at radius 1 is 1.17 bits per heavy atom. The highest BCUT2D eigenvalue weighted by atomic mass is 32.2. The molecule has 6 nitrogen and oxygen atoms in total. The third kappa shape index (κ3) is 5.18. The number of hydrogen-bond acceptors (Lipinski definition) is 6. The van der Waals surface area contributed by atoms with Crippen molar-refractivity contribution in [3.63, 3.8) is 0 Å². The van der Waals surface area contributed by atoms with Crippen molar-refractivity contribution >= 4 is 28.4 Å². The molecule has 2 aromatic heterocycles. The van der Waals surface area contributed by atoms with Gasteiger partial charge in [-0.2, -0.15) is 5.10 Å². The van der Waals surface area contributed by atoms with E-state index < -0.39 is 0 Å². The Labute approximate surface area is 180 Å². The summed E-state index contributed by atoms with van der Waals surface area (Å²) in [6, 6.07) is 12.4. The molecule has 0 fully saturated rings. The molecule has 4 rings (SSSR count). The average Bonchev–Trinajstić information content (AvgIpc) is 3.14. The Morgan fingerprint density at radius 2 is 2.00 bits per heavy atom. The van der Waals surface area contributed by atoms with Crippen LogP contribution in [-0.2, 0) is 19.2 Å². The fourth-order valence-electron chi connectivity index (χ4n) is 3.05. The summed E-state index contributed by atoms with van der Waals surface area (Å²) in [5.74, 6) is 1.68. The summed E-state index contributed by atoms with van der Waals surface area (Å²) in [5.41, 5.74) is 6.54. The molecule has 30 heavy (non-hydrogen) atoms. The smallest absolute Gasteiger partial charge is 0.165 e. The molecule has 0 saturated carbocycles. The minimum absolute atomic E-state index is 0.769. The average molecular weight is 417 g/mol. The molecule has 1 aliphatic heterocycles. The highest BCUT2D eigenvalue weighted by Crippen LogP contribution is 2.22. The number of rotatable bonds is 6. The minimum Gasteiger partial charge on any atom is -0.340 e. The molecule has 0 saturated heterocycles. The third-order valence-electron chi connectivity index (χ3n) is 4.65. The number of nitrogens with zero attached hydrogens (tertiary/aromatic N) is 4. The number of thioether (sulfide) groups is 1. The Kier molecular flexibility index (Phi) is 5.99. The van der Waals surface area contributed by atoms with Crippen molar-refractivity contribution in [1.82, 2.24) is 20.1 Å². The van der Waals surface area contributed by atoms with E-state index in [2.05, 4.69) is 63.5 Å². The predicted molar refractivity (Wildman–Crippen MR) is 125 cm³/mol. The molecule has 7 heteroatoms. The van der Waals surface area contributed by atoms with Crippen LogP contribution in [0.25, 0.3) is 0 Å². The number of nitrogens with one attached hydrogen (secondary N) is 2. The van der Waals surface area contributed by atoms with Crippen LogP contribution >= 0.6 is 11.8 Å². The van der Waals surface area contributed by atoms with E-state index in [4.69, 9.17) is 0 Å². The summed E-state index contributed by atoms with van der Waals surface area (Å²) >= 11 is 1.66. The molecule has 0 radical (unpaired) electrons. The molecule has 152 valence electrons. The van der Waals surface area contributed by atoms with Gasteiger partial charge in [0.05, 0.1) is 6.20 Å². The quantitative estimate of drug-likeness (QED) is 0.610. The highest BCUT2D eigenvalue weighted by molar-refractivity contribution is 8.13. The van der Waals surface area contributed by atoms with Gasteiger partial charge in [0.25, 0.3) is 0 Å². The van der Waals surface area contributed by atoms with Crippen molar-refractivity contribution in [2.24, 2.45) is 12.0 Å². The third-order valence-corrected chi connectivity index (χ3v) is 5.61. The van der Waals surface area contributed by atoms with Crippen LogP contribution in [0.5, 0.6) is 0 Å². The normalized spacial score (nSPS) is 13.5. The predicted octanol–water partition coefficient (Wildman–Crippen LogP) is 4.70. The fourth-order valence-corrected chi connectivity index (χ4v) is 3.87. The van der Waals surface area contributed by atoms with Crippen molar-refractivity contribution in [2.75, 3.05) is 5.32 Å². The van der Waals surface area contributed by atoms with Crippen molar-refractivity contribution in [2.45, 2.75) is 19.1 Å². The Bertz CT molecular complexity index is 1110. The molecule has 1 aliphatic rings. The van der Waals surface area contributed by atoms with Gasteiger partial charge in [-0.25, -0.2) is 9.98 Å². The molecular formula is C23H24N6S. The van der Waals surface area contributed by atoms with Crippen LogP contribution in [0.3, 0.4) is 0 Å². The highest BCUT2D eigenvalue weighted by Gasteiger charge is 2.13. The topological polar surface area (TPSA) is 67.1 Å². The molecule has 0 aliphatic carbocycles. The minimum atomic E-state index is 0.769. The van der Waals surface area contributed by atoms with E-state index in [1.54, 1.807) is 16.4 Å². The Balaban J connectivity index is 1.32. The molecule has 0 bridgehead atoms. The van der Waals surface area contributed by atoms with Crippen LogP contribution < -0.4 is 10.6 Å². The van der Waals surface area contributed by atoms with E-state index in [1.807, 2.05) is 44.0 Å². The van der Waals surface area contributed by atoms with Gasteiger partial charge < -0.3 is 10.6 Å². The maximum Gasteiger partial charge on any atom is 0.165 e. The van der Waals surface area contributed by atoms with Gasteiger partial charge >= 0.3 is 0 Å². The SMILES string of the molecule is C=C1NC(SCc2ccc(Nc3cc(C)ccn3)cc2)=NC=C1Cc1cnn(C)c1. The van der Waals surface area contributed by atoms with E-state index in [0.717, 1.165) is 45.7 Å². The number of aryl methyl sites for hydroxylation is 2. The number of anilines is 2. The lowest BCUT2D eigenvalue weighted by molar-refractivity contribution is 0.767. The molecule has 0 spiro atoms. The Morgan fingerprint density at radius 3 is 2.70 bits per heavy atom. The first-order valence-electron chi connectivity index (χ1n) is 9.67. The Hall–Kier alpha value is -3.32. The van der Waals surface area contributed by atoms with Crippen molar-refractivity contribution in [3.8, 4) is 0 Å². The van der Waals surface area contributed by atoms with Gasteiger partial charge in [-0.15, -0.1) is 0 Å². The number of aliphatic imine (C=N–C) groups is 1. The maximum absolute atomic E-state index is 4.56. The monoisotopic (exact) mass is 416 g/mol. The zero-order valence-corrected chi connectivity index (χ0v) is 17.9. The van der Waals surface area contributed by atoms with Crippen molar-refractivity contribution < 1.29 is 0 Å². The molecule has 0 atom stereocenters. The second-order valence-corrected chi connectivity index (χ2v) is 8.18. The van der Waals surface area contributed by atoms with Crippen LogP contribution in [0, 0.1) is 6.92 Å². The van der Waals surface area contributed by atoms with E-state index in [0.29, 0.717) is 0 Å². The largest absolute Gasteiger partial charge is 0.340 e. The lowest BCUT2D eigenvalue weighted by Gasteiger charge is -2.18. The summed E-state index contributed by atoms with van der Waals surface area (Å²) in [6.07, 6.45) is 8.36. The maximum atomic E-state index is 4.56. The van der Waals surface area contributed by atoms with Crippen LogP contribution in [0.4, 0.5) is 11.5 Å². The first-order valence-corrected chi connectivity index (χ1v) is 10.7. The molecule has 3 heterocycles. The van der Waals surface area contributed by atoms with E-state index >= 15 is 0 Å². The molecule has 3 aromatic rings. The number of aromatic nitrogens is 3. The summed E-state index contributed by atoms with van der Waals surface area (Å²) in [6.45, 7) is 6.20. The van der Waals surface area contributed by atoms with Crippen LogP contribution in [0.2, 0.25) is 0 Å². The summed E-state index contributed by atoms with van der Waals surface area (Å²) < 4.78 is 1.80. The number of hydrogen-bond donors (Lipinski definition) is 2. The van der Waals surface area contributed by atoms with Gasteiger partial charge in [0, 0.05) is 49.2 Å². The van der Waals surface area contributed by atoms with E-state index in [-0.39, 0.29) is 0 Å². The van der Waals surface area contributed by atoms with E-state index in [1.165, 1.54) is 11.1 Å². The number of pyridine rings is 1. The van der Waals surface area contributed by atoms with Crippen LogP contribution in [-0.4, -0.2) is 19.9 Å². The lowest BCUT2D eigenvalue weighted by Crippen LogP contribution is -2.24. The molecular weight excluding hydrogens is 392 g/mol. The van der Waals surface area contributed by atoms with Crippen LogP contribution in [0.15, 0.2) is 84.0 Å². The van der Waals surface area contributed by atoms with Gasteiger partial charge in [-0.3, -0.25) is 4.68 Å². The second kappa shape index (κ2) is 9.00. The van der Waals surface area contributed by atoms with E-state index in [9.17, 15) is 0 Å². The fraction of sp³-hybridized carbons (Fsp3) is 0.174. The van der Waals surface area contributed by atoms with Gasteiger partial charge in [-0.05, 0) is 53.5 Å².